The molecule has 16 heavy (non-hydrogen) atoms. The summed E-state index contributed by atoms with van der Waals surface area (Å²) in [7, 11) is 0. The maximum absolute atomic E-state index is 13.2. The Balaban J connectivity index is 1.80. The number of hydrogen-bond acceptors (Lipinski definition) is 2. The van der Waals surface area contributed by atoms with Gasteiger partial charge in [-0.2, -0.15) is 0 Å². The molecule has 1 fully saturated rings. The first kappa shape index (κ1) is 11.5. The molecule has 0 radical (unpaired) electrons. The van der Waals surface area contributed by atoms with Gasteiger partial charge in [-0.05, 0) is 0 Å². The normalized spacial score (nSPS) is 25.8. The molecule has 1 aromatic heterocycles. The molecule has 2 heterocycles. The Morgan fingerprint density at radius 1 is 1.62 bits per heavy atom. The van der Waals surface area contributed by atoms with Gasteiger partial charge in [-0.15, -0.1) is 0 Å². The molecule has 1 atom stereocenters. The van der Waals surface area contributed by atoms with Crippen LogP contribution in [0.5, 0.6) is 0 Å². The predicted octanol–water partition coefficient (Wildman–Crippen LogP) is 1.93. The number of piperidine rings is 1. The molecule has 0 saturated carbocycles. The number of rotatable bonds is 3. The first-order valence-electron chi connectivity index (χ1n) is 5.65. The minimum absolute atomic E-state index is 0.0167. The van der Waals surface area contributed by atoms with Gasteiger partial charge in [-0.25, -0.2) is 13.8 Å². The first-order valence-corrected chi connectivity index (χ1v) is 5.65. The van der Waals surface area contributed by atoms with Gasteiger partial charge in [-0.3, -0.25) is 0 Å². The van der Waals surface area contributed by atoms with E-state index in [0.717, 1.165) is 18.7 Å². The van der Waals surface area contributed by atoms with Crippen LogP contribution in [0.25, 0.3) is 0 Å². The fraction of sp³-hybridized carbons (Fsp3) is 0.727. The minimum atomic E-state index is -2.48. The summed E-state index contributed by atoms with van der Waals surface area (Å²) in [5.41, 5.74) is 1.06. The zero-order chi connectivity index (χ0) is 11.6. The summed E-state index contributed by atoms with van der Waals surface area (Å²) in [5, 5.41) is 0. The molecule has 3 nitrogen and oxygen atoms in total. The quantitative estimate of drug-likeness (QED) is 0.858. The van der Waals surface area contributed by atoms with Crippen LogP contribution in [-0.4, -0.2) is 40.4 Å². The number of alkyl halides is 2. The molecule has 1 aromatic rings. The molecule has 90 valence electrons. The molecule has 5 heteroatoms. The van der Waals surface area contributed by atoms with E-state index in [0.29, 0.717) is 13.1 Å². The number of aromatic nitrogens is 2. The van der Waals surface area contributed by atoms with Crippen LogP contribution in [0, 0.1) is 5.92 Å². The molecule has 1 N–H and O–H groups in total. The van der Waals surface area contributed by atoms with Gasteiger partial charge in [0.1, 0.15) is 0 Å². The first-order chi connectivity index (χ1) is 7.58. The average molecular weight is 229 g/mol. The largest absolute Gasteiger partial charge is 0.348 e. The zero-order valence-corrected chi connectivity index (χ0v) is 9.42. The lowest BCUT2D eigenvalue weighted by molar-refractivity contribution is -0.0985. The lowest BCUT2D eigenvalue weighted by Gasteiger charge is -2.36. The summed E-state index contributed by atoms with van der Waals surface area (Å²) in [6.07, 6.45) is 4.25. The van der Waals surface area contributed by atoms with Crippen molar-refractivity contribution >= 4 is 0 Å². The number of likely N-dealkylation sites (tertiary alicyclic amines) is 1. The van der Waals surface area contributed by atoms with Gasteiger partial charge in [0.15, 0.2) is 0 Å². The van der Waals surface area contributed by atoms with Crippen LogP contribution < -0.4 is 0 Å². The summed E-state index contributed by atoms with van der Waals surface area (Å²) in [4.78, 5) is 9.05. The van der Waals surface area contributed by atoms with Gasteiger partial charge in [-0.1, -0.05) is 6.92 Å². The van der Waals surface area contributed by atoms with E-state index < -0.39 is 11.8 Å². The Bertz CT molecular complexity index is 324. The van der Waals surface area contributed by atoms with Crippen molar-refractivity contribution in [3.63, 3.8) is 0 Å². The monoisotopic (exact) mass is 229 g/mol. The Morgan fingerprint density at radius 2 is 2.44 bits per heavy atom. The van der Waals surface area contributed by atoms with Crippen LogP contribution in [0.1, 0.15) is 19.0 Å². The third-order valence-electron chi connectivity index (χ3n) is 3.27. The fourth-order valence-electron chi connectivity index (χ4n) is 2.07. The second-order valence-corrected chi connectivity index (χ2v) is 4.54. The number of nitrogens with zero attached hydrogens (tertiary/aromatic N) is 2. The summed E-state index contributed by atoms with van der Waals surface area (Å²) in [5.74, 6) is -3.02. The lowest BCUT2D eigenvalue weighted by Crippen LogP contribution is -2.46. The van der Waals surface area contributed by atoms with Gasteiger partial charge >= 0.3 is 0 Å². The summed E-state index contributed by atoms with van der Waals surface area (Å²) in [6, 6.07) is 0. The van der Waals surface area contributed by atoms with Crippen molar-refractivity contribution in [3.05, 3.63) is 18.2 Å². The van der Waals surface area contributed by atoms with Crippen LogP contribution in [0.3, 0.4) is 0 Å². The van der Waals surface area contributed by atoms with Crippen molar-refractivity contribution in [1.29, 1.82) is 0 Å². The molecule has 0 aromatic carbocycles. The topological polar surface area (TPSA) is 31.9 Å². The molecule has 1 aliphatic heterocycles. The highest BCUT2D eigenvalue weighted by Gasteiger charge is 2.40. The van der Waals surface area contributed by atoms with Gasteiger partial charge in [0, 0.05) is 50.3 Å². The van der Waals surface area contributed by atoms with E-state index in [-0.39, 0.29) is 6.42 Å². The molecule has 1 saturated heterocycles. The van der Waals surface area contributed by atoms with Crippen LogP contribution >= 0.6 is 0 Å². The summed E-state index contributed by atoms with van der Waals surface area (Å²) in [6.45, 7) is 3.43. The fourth-order valence-corrected chi connectivity index (χ4v) is 2.07. The molecule has 1 aliphatic rings. The van der Waals surface area contributed by atoms with Crippen LogP contribution in [0.15, 0.2) is 12.5 Å². The third kappa shape index (κ3) is 2.58. The molecule has 0 amide bonds. The van der Waals surface area contributed by atoms with Crippen LogP contribution in [0.4, 0.5) is 8.78 Å². The molecule has 0 bridgehead atoms. The molecular weight excluding hydrogens is 212 g/mol. The third-order valence-corrected chi connectivity index (χ3v) is 3.27. The number of H-pyrrole nitrogens is 1. The van der Waals surface area contributed by atoms with Crippen LogP contribution in [-0.2, 0) is 6.42 Å². The van der Waals surface area contributed by atoms with E-state index in [9.17, 15) is 8.78 Å². The highest BCUT2D eigenvalue weighted by Crippen LogP contribution is 2.32. The van der Waals surface area contributed by atoms with E-state index in [4.69, 9.17) is 0 Å². The number of imidazole rings is 1. The SMILES string of the molecule is CC1CN(CCc2cnc[nH]2)CCC1(F)F. The molecule has 0 aliphatic carbocycles. The maximum atomic E-state index is 13.2. The number of hydrogen-bond donors (Lipinski definition) is 1. The lowest BCUT2D eigenvalue weighted by atomic mass is 9.95. The predicted molar refractivity (Wildman–Crippen MR) is 57.5 cm³/mol. The van der Waals surface area contributed by atoms with Crippen molar-refractivity contribution in [1.82, 2.24) is 14.9 Å². The minimum Gasteiger partial charge on any atom is -0.348 e. The van der Waals surface area contributed by atoms with E-state index in [2.05, 4.69) is 14.9 Å². The van der Waals surface area contributed by atoms with E-state index in [1.807, 2.05) is 0 Å². The highest BCUT2D eigenvalue weighted by atomic mass is 19.3. The van der Waals surface area contributed by atoms with E-state index in [1.165, 1.54) is 0 Å². The molecular formula is C11H17F2N3. The Labute approximate surface area is 93.9 Å². The van der Waals surface area contributed by atoms with Gasteiger partial charge in [0.05, 0.1) is 6.33 Å². The number of nitrogens with one attached hydrogen (secondary N) is 1. The van der Waals surface area contributed by atoms with Gasteiger partial charge in [0.25, 0.3) is 5.92 Å². The second-order valence-electron chi connectivity index (χ2n) is 4.54. The number of aromatic amines is 1. The van der Waals surface area contributed by atoms with E-state index in [1.54, 1.807) is 19.4 Å². The molecule has 1 unspecified atom stereocenters. The summed E-state index contributed by atoms with van der Waals surface area (Å²) >= 11 is 0. The molecule has 2 rings (SSSR count). The average Bonchev–Trinajstić information content (AvgIpc) is 2.73. The standard InChI is InChI=1S/C11H17F2N3/c1-9-7-16(5-3-11(9,12)13)4-2-10-6-14-8-15-10/h6,8-9H,2-5,7H2,1H3,(H,14,15). The van der Waals surface area contributed by atoms with Crippen molar-refractivity contribution < 1.29 is 8.78 Å². The Morgan fingerprint density at radius 3 is 3.06 bits per heavy atom. The smallest absolute Gasteiger partial charge is 0.253 e. The Kier molecular flexibility index (Phi) is 3.23. The van der Waals surface area contributed by atoms with Crippen molar-refractivity contribution in [2.45, 2.75) is 25.7 Å². The van der Waals surface area contributed by atoms with Crippen LogP contribution in [0.2, 0.25) is 0 Å². The van der Waals surface area contributed by atoms with Gasteiger partial charge in [0.2, 0.25) is 0 Å². The second kappa shape index (κ2) is 4.49. The van der Waals surface area contributed by atoms with Crippen molar-refractivity contribution in [3.8, 4) is 0 Å². The van der Waals surface area contributed by atoms with Crippen molar-refractivity contribution in [2.24, 2.45) is 5.92 Å². The van der Waals surface area contributed by atoms with Crippen molar-refractivity contribution in [2.75, 3.05) is 19.6 Å². The van der Waals surface area contributed by atoms with Gasteiger partial charge < -0.3 is 9.88 Å². The maximum Gasteiger partial charge on any atom is 0.253 e. The number of halogens is 2. The summed E-state index contributed by atoms with van der Waals surface area (Å²) < 4.78 is 26.5. The zero-order valence-electron chi connectivity index (χ0n) is 9.42. The van der Waals surface area contributed by atoms with E-state index >= 15 is 0 Å². The molecule has 0 spiro atoms. The highest BCUT2D eigenvalue weighted by molar-refractivity contribution is 4.95. The Hall–Kier alpha value is -0.970.